The molecule has 1 atom stereocenters. The van der Waals surface area contributed by atoms with Crippen LogP contribution in [-0.2, 0) is 0 Å². The van der Waals surface area contributed by atoms with Crippen LogP contribution in [0.5, 0.6) is 0 Å². The minimum Gasteiger partial charge on any atom is -0.389 e. The molecule has 1 nitrogen and oxygen atoms in total. The number of aliphatic hydroxyl groups is 1. The summed E-state index contributed by atoms with van der Waals surface area (Å²) in [6.45, 7) is 3.96. The highest BCUT2D eigenvalue weighted by atomic mass is 19.1. The highest BCUT2D eigenvalue weighted by Crippen LogP contribution is 2.23. The van der Waals surface area contributed by atoms with Crippen molar-refractivity contribution >= 4 is 0 Å². The lowest BCUT2D eigenvalue weighted by Gasteiger charge is -2.15. The maximum absolute atomic E-state index is 12.7. The smallest absolute Gasteiger partial charge is 0.103 e. The van der Waals surface area contributed by atoms with Gasteiger partial charge in [-0.15, -0.1) is 0 Å². The van der Waals surface area contributed by atoms with E-state index in [1.54, 1.807) is 6.08 Å². The summed E-state index contributed by atoms with van der Waals surface area (Å²) in [4.78, 5) is 0. The normalized spacial score (nSPS) is 25.0. The molecular formula is C9H13FO. The fourth-order valence-corrected chi connectivity index (χ4v) is 1.13. The van der Waals surface area contributed by atoms with E-state index in [1.165, 1.54) is 6.08 Å². The first-order valence-corrected chi connectivity index (χ1v) is 3.85. The maximum atomic E-state index is 12.7. The zero-order chi connectivity index (χ0) is 8.43. The summed E-state index contributed by atoms with van der Waals surface area (Å²) in [6, 6.07) is 0. The molecule has 0 fully saturated rings. The number of halogens is 1. The fraction of sp³-hybridized carbons (Fsp3) is 0.556. The SMILES string of the molecule is CC(C)C1=CC(O)CC(F)=C1. The minimum atomic E-state index is -0.627. The van der Waals surface area contributed by atoms with Gasteiger partial charge in [0.15, 0.2) is 0 Å². The van der Waals surface area contributed by atoms with Crippen LogP contribution in [0, 0.1) is 5.92 Å². The summed E-state index contributed by atoms with van der Waals surface area (Å²) in [5, 5.41) is 9.14. The monoisotopic (exact) mass is 156 g/mol. The zero-order valence-corrected chi connectivity index (χ0v) is 6.84. The summed E-state index contributed by atoms with van der Waals surface area (Å²) < 4.78 is 12.7. The highest BCUT2D eigenvalue weighted by Gasteiger charge is 2.13. The average Bonchev–Trinajstić information content (AvgIpc) is 1.85. The molecule has 0 bridgehead atoms. The Morgan fingerprint density at radius 1 is 1.64 bits per heavy atom. The Morgan fingerprint density at radius 3 is 2.73 bits per heavy atom. The zero-order valence-electron chi connectivity index (χ0n) is 6.84. The Bertz CT molecular complexity index is 204. The van der Waals surface area contributed by atoms with Crippen LogP contribution >= 0.6 is 0 Å². The summed E-state index contributed by atoms with van der Waals surface area (Å²) in [6.07, 6.45) is 2.74. The van der Waals surface area contributed by atoms with Crippen LogP contribution in [0.15, 0.2) is 23.6 Å². The molecule has 0 saturated heterocycles. The minimum absolute atomic E-state index is 0.135. The van der Waals surface area contributed by atoms with Crippen molar-refractivity contribution in [1.82, 2.24) is 0 Å². The van der Waals surface area contributed by atoms with Gasteiger partial charge in [0.05, 0.1) is 6.10 Å². The van der Waals surface area contributed by atoms with Crippen molar-refractivity contribution in [3.63, 3.8) is 0 Å². The molecule has 0 spiro atoms. The third-order valence-electron chi connectivity index (χ3n) is 1.78. The van der Waals surface area contributed by atoms with Crippen LogP contribution in [0.25, 0.3) is 0 Å². The Labute approximate surface area is 66.2 Å². The van der Waals surface area contributed by atoms with Crippen LogP contribution in [0.1, 0.15) is 20.3 Å². The lowest BCUT2D eigenvalue weighted by molar-refractivity contribution is 0.211. The van der Waals surface area contributed by atoms with Gasteiger partial charge in [0.25, 0.3) is 0 Å². The summed E-state index contributed by atoms with van der Waals surface area (Å²) in [5.41, 5.74) is 0.890. The Balaban J connectivity index is 2.78. The van der Waals surface area contributed by atoms with Gasteiger partial charge in [-0.2, -0.15) is 0 Å². The van der Waals surface area contributed by atoms with E-state index in [-0.39, 0.29) is 18.2 Å². The van der Waals surface area contributed by atoms with Gasteiger partial charge in [0.2, 0.25) is 0 Å². The molecule has 1 unspecified atom stereocenters. The fourth-order valence-electron chi connectivity index (χ4n) is 1.13. The molecule has 0 amide bonds. The molecule has 1 N–H and O–H groups in total. The van der Waals surface area contributed by atoms with E-state index in [2.05, 4.69) is 0 Å². The first-order valence-electron chi connectivity index (χ1n) is 3.85. The van der Waals surface area contributed by atoms with Crippen LogP contribution in [-0.4, -0.2) is 11.2 Å². The van der Waals surface area contributed by atoms with E-state index in [4.69, 9.17) is 5.11 Å². The second-order valence-electron chi connectivity index (χ2n) is 3.18. The molecule has 0 aromatic carbocycles. The van der Waals surface area contributed by atoms with Gasteiger partial charge in [-0.05, 0) is 17.6 Å². The number of allylic oxidation sites excluding steroid dienone is 2. The van der Waals surface area contributed by atoms with Crippen molar-refractivity contribution in [2.45, 2.75) is 26.4 Å². The standard InChI is InChI=1S/C9H13FO/c1-6(2)7-3-8(10)5-9(11)4-7/h3-4,6,9,11H,5H2,1-2H3. The Morgan fingerprint density at radius 2 is 2.27 bits per heavy atom. The van der Waals surface area contributed by atoms with E-state index in [0.717, 1.165) is 5.57 Å². The van der Waals surface area contributed by atoms with Crippen molar-refractivity contribution in [2.75, 3.05) is 0 Å². The third-order valence-corrected chi connectivity index (χ3v) is 1.78. The molecular weight excluding hydrogens is 143 g/mol. The van der Waals surface area contributed by atoms with Crippen LogP contribution in [0.2, 0.25) is 0 Å². The predicted molar refractivity (Wildman–Crippen MR) is 42.7 cm³/mol. The molecule has 62 valence electrons. The molecule has 0 saturated carbocycles. The largest absolute Gasteiger partial charge is 0.389 e. The molecule has 2 heteroatoms. The van der Waals surface area contributed by atoms with E-state index < -0.39 is 6.10 Å². The van der Waals surface area contributed by atoms with Gasteiger partial charge in [-0.3, -0.25) is 0 Å². The Kier molecular flexibility index (Phi) is 2.45. The quantitative estimate of drug-likeness (QED) is 0.617. The van der Waals surface area contributed by atoms with E-state index in [1.807, 2.05) is 13.8 Å². The van der Waals surface area contributed by atoms with Crippen molar-refractivity contribution < 1.29 is 9.50 Å². The summed E-state index contributed by atoms with van der Waals surface area (Å²) >= 11 is 0. The topological polar surface area (TPSA) is 20.2 Å². The third kappa shape index (κ3) is 2.15. The second-order valence-corrected chi connectivity index (χ2v) is 3.18. The molecule has 1 aliphatic carbocycles. The first-order chi connectivity index (χ1) is 5.09. The van der Waals surface area contributed by atoms with Gasteiger partial charge in [-0.1, -0.05) is 19.9 Å². The number of aliphatic hydroxyl groups excluding tert-OH is 1. The highest BCUT2D eigenvalue weighted by molar-refractivity contribution is 5.28. The molecule has 1 aliphatic rings. The van der Waals surface area contributed by atoms with Crippen LogP contribution in [0.3, 0.4) is 0 Å². The van der Waals surface area contributed by atoms with E-state index >= 15 is 0 Å². The van der Waals surface area contributed by atoms with E-state index in [0.29, 0.717) is 0 Å². The van der Waals surface area contributed by atoms with Gasteiger partial charge < -0.3 is 5.11 Å². The average molecular weight is 156 g/mol. The van der Waals surface area contributed by atoms with Crippen molar-refractivity contribution in [3.8, 4) is 0 Å². The van der Waals surface area contributed by atoms with Gasteiger partial charge in [0, 0.05) is 6.42 Å². The first kappa shape index (κ1) is 8.47. The molecule has 0 aliphatic heterocycles. The molecule has 11 heavy (non-hydrogen) atoms. The molecule has 0 heterocycles. The van der Waals surface area contributed by atoms with E-state index in [9.17, 15) is 4.39 Å². The van der Waals surface area contributed by atoms with Crippen molar-refractivity contribution in [3.05, 3.63) is 23.6 Å². The van der Waals surface area contributed by atoms with Gasteiger partial charge in [-0.25, -0.2) is 4.39 Å². The lowest BCUT2D eigenvalue weighted by Crippen LogP contribution is -2.09. The number of hydrogen-bond donors (Lipinski definition) is 1. The summed E-state index contributed by atoms with van der Waals surface area (Å²) in [7, 11) is 0. The molecule has 0 aromatic rings. The molecule has 0 aromatic heterocycles. The lowest BCUT2D eigenvalue weighted by atomic mass is 9.95. The predicted octanol–water partition coefficient (Wildman–Crippen LogP) is 2.19. The van der Waals surface area contributed by atoms with Crippen LogP contribution < -0.4 is 0 Å². The molecule has 0 radical (unpaired) electrons. The van der Waals surface area contributed by atoms with Crippen molar-refractivity contribution in [1.29, 1.82) is 0 Å². The number of hydrogen-bond acceptors (Lipinski definition) is 1. The summed E-state index contributed by atoms with van der Waals surface area (Å²) in [5.74, 6) is 0.0689. The van der Waals surface area contributed by atoms with Crippen molar-refractivity contribution in [2.24, 2.45) is 5.92 Å². The van der Waals surface area contributed by atoms with Gasteiger partial charge >= 0.3 is 0 Å². The molecule has 1 rings (SSSR count). The van der Waals surface area contributed by atoms with Gasteiger partial charge in [0.1, 0.15) is 5.83 Å². The maximum Gasteiger partial charge on any atom is 0.103 e. The number of rotatable bonds is 1. The van der Waals surface area contributed by atoms with Crippen LogP contribution in [0.4, 0.5) is 4.39 Å². The Hall–Kier alpha value is -0.630. The second kappa shape index (κ2) is 3.18.